The van der Waals surface area contributed by atoms with Crippen LogP contribution in [-0.4, -0.2) is 79.7 Å². The third kappa shape index (κ3) is 4.00. The van der Waals surface area contributed by atoms with E-state index in [0.29, 0.717) is 19.0 Å². The Bertz CT molecular complexity index is 690. The van der Waals surface area contributed by atoms with E-state index in [0.717, 1.165) is 51.4 Å². The molecule has 1 aromatic rings. The maximum atomic E-state index is 13.0. The standard InChI is InChI=1S/C20H28N4O2S/c1-27-18-4-2-16(3-5-18)24-13-15(12-19(24)25)20(26)23-9-6-17(14-23)22-10-7-21-8-11-22/h2-5,15,17,21H,6-14H2,1H3. The lowest BCUT2D eigenvalue weighted by Gasteiger charge is -2.32. The van der Waals surface area contributed by atoms with Crippen molar-refractivity contribution in [1.82, 2.24) is 15.1 Å². The summed E-state index contributed by atoms with van der Waals surface area (Å²) in [7, 11) is 0. The minimum atomic E-state index is -0.209. The first-order chi connectivity index (χ1) is 13.2. The molecule has 2 atom stereocenters. The number of thioether (sulfide) groups is 1. The van der Waals surface area contributed by atoms with Gasteiger partial charge in [0.15, 0.2) is 0 Å². The zero-order valence-electron chi connectivity index (χ0n) is 15.9. The Kier molecular flexibility index (Phi) is 5.71. The Morgan fingerprint density at radius 3 is 2.56 bits per heavy atom. The highest BCUT2D eigenvalue weighted by Gasteiger charge is 2.40. The number of hydrogen-bond acceptors (Lipinski definition) is 5. The van der Waals surface area contributed by atoms with Crippen LogP contribution in [-0.2, 0) is 9.59 Å². The molecule has 1 N–H and O–H groups in total. The van der Waals surface area contributed by atoms with Gasteiger partial charge in [0.25, 0.3) is 0 Å². The maximum absolute atomic E-state index is 13.0. The summed E-state index contributed by atoms with van der Waals surface area (Å²) < 4.78 is 0. The van der Waals surface area contributed by atoms with Gasteiger partial charge in [0.2, 0.25) is 11.8 Å². The van der Waals surface area contributed by atoms with E-state index in [1.807, 2.05) is 35.4 Å². The van der Waals surface area contributed by atoms with Crippen LogP contribution in [0.3, 0.4) is 0 Å². The van der Waals surface area contributed by atoms with Gasteiger partial charge in [0, 0.05) is 68.9 Å². The molecule has 2 unspecified atom stereocenters. The summed E-state index contributed by atoms with van der Waals surface area (Å²) >= 11 is 1.68. The number of hydrogen-bond donors (Lipinski definition) is 1. The molecule has 146 valence electrons. The van der Waals surface area contributed by atoms with Crippen LogP contribution in [0.25, 0.3) is 0 Å². The summed E-state index contributed by atoms with van der Waals surface area (Å²) in [5, 5.41) is 3.38. The van der Waals surface area contributed by atoms with Crippen molar-refractivity contribution in [3.05, 3.63) is 24.3 Å². The van der Waals surface area contributed by atoms with E-state index in [1.54, 1.807) is 16.7 Å². The second kappa shape index (κ2) is 8.20. The minimum Gasteiger partial charge on any atom is -0.341 e. The molecule has 4 rings (SSSR count). The monoisotopic (exact) mass is 388 g/mol. The number of carbonyl (C=O) groups is 2. The number of nitrogens with zero attached hydrogens (tertiary/aromatic N) is 3. The van der Waals surface area contributed by atoms with Crippen molar-refractivity contribution in [3.8, 4) is 0 Å². The number of carbonyl (C=O) groups excluding carboxylic acids is 2. The van der Waals surface area contributed by atoms with Crippen LogP contribution in [0.2, 0.25) is 0 Å². The van der Waals surface area contributed by atoms with E-state index in [-0.39, 0.29) is 17.7 Å². The molecule has 6 nitrogen and oxygen atoms in total. The molecule has 0 bridgehead atoms. The van der Waals surface area contributed by atoms with Gasteiger partial charge in [-0.25, -0.2) is 0 Å². The molecule has 1 aromatic carbocycles. The van der Waals surface area contributed by atoms with E-state index < -0.39 is 0 Å². The molecule has 3 fully saturated rings. The van der Waals surface area contributed by atoms with Crippen molar-refractivity contribution in [1.29, 1.82) is 0 Å². The van der Waals surface area contributed by atoms with E-state index in [1.165, 1.54) is 4.90 Å². The fraction of sp³-hybridized carbons (Fsp3) is 0.600. The van der Waals surface area contributed by atoms with Gasteiger partial charge in [0.1, 0.15) is 0 Å². The van der Waals surface area contributed by atoms with Crippen molar-refractivity contribution >= 4 is 29.3 Å². The molecule has 0 radical (unpaired) electrons. The van der Waals surface area contributed by atoms with Crippen molar-refractivity contribution in [2.45, 2.75) is 23.8 Å². The molecule has 3 saturated heterocycles. The normalized spacial score (nSPS) is 26.8. The third-order valence-electron chi connectivity index (χ3n) is 6.00. The largest absolute Gasteiger partial charge is 0.341 e. The van der Waals surface area contributed by atoms with Gasteiger partial charge in [-0.05, 0) is 36.9 Å². The average Bonchev–Trinajstić information content (AvgIpc) is 3.35. The zero-order valence-corrected chi connectivity index (χ0v) is 16.7. The molecule has 2 amide bonds. The first kappa shape index (κ1) is 18.8. The van der Waals surface area contributed by atoms with Gasteiger partial charge in [-0.15, -0.1) is 11.8 Å². The number of nitrogens with one attached hydrogen (secondary N) is 1. The SMILES string of the molecule is CSc1ccc(N2CC(C(=O)N3CCC(N4CCNCC4)C3)CC2=O)cc1. The Hall–Kier alpha value is -1.57. The van der Waals surface area contributed by atoms with Crippen molar-refractivity contribution < 1.29 is 9.59 Å². The summed E-state index contributed by atoms with van der Waals surface area (Å²) in [6.07, 6.45) is 3.42. The molecule has 0 aliphatic carbocycles. The number of piperazine rings is 1. The predicted molar refractivity (Wildman–Crippen MR) is 108 cm³/mol. The van der Waals surface area contributed by atoms with Crippen molar-refractivity contribution in [2.75, 3.05) is 57.0 Å². The van der Waals surface area contributed by atoms with Crippen LogP contribution < -0.4 is 10.2 Å². The molecular formula is C20H28N4O2S. The number of likely N-dealkylation sites (tertiary alicyclic amines) is 1. The fourth-order valence-corrected chi connectivity index (χ4v) is 4.84. The Morgan fingerprint density at radius 2 is 1.85 bits per heavy atom. The van der Waals surface area contributed by atoms with Crippen molar-refractivity contribution in [2.24, 2.45) is 5.92 Å². The topological polar surface area (TPSA) is 55.9 Å². The first-order valence-corrected chi connectivity index (χ1v) is 11.1. The number of amides is 2. The van der Waals surface area contributed by atoms with Crippen LogP contribution in [0.1, 0.15) is 12.8 Å². The molecule has 3 aliphatic rings. The lowest BCUT2D eigenvalue weighted by Crippen LogP contribution is -2.49. The molecule has 7 heteroatoms. The quantitative estimate of drug-likeness (QED) is 0.788. The van der Waals surface area contributed by atoms with Crippen LogP contribution in [0, 0.1) is 5.92 Å². The average molecular weight is 389 g/mol. The summed E-state index contributed by atoms with van der Waals surface area (Å²) in [4.78, 5) is 33.0. The third-order valence-corrected chi connectivity index (χ3v) is 6.74. The lowest BCUT2D eigenvalue weighted by molar-refractivity contribution is -0.135. The molecule has 0 saturated carbocycles. The van der Waals surface area contributed by atoms with Gasteiger partial charge in [-0.2, -0.15) is 0 Å². The maximum Gasteiger partial charge on any atom is 0.228 e. The smallest absolute Gasteiger partial charge is 0.228 e. The van der Waals surface area contributed by atoms with Gasteiger partial charge >= 0.3 is 0 Å². The molecule has 27 heavy (non-hydrogen) atoms. The fourth-order valence-electron chi connectivity index (χ4n) is 4.43. The number of anilines is 1. The summed E-state index contributed by atoms with van der Waals surface area (Å²) in [5.41, 5.74) is 0.896. The van der Waals surface area contributed by atoms with E-state index in [9.17, 15) is 9.59 Å². The van der Waals surface area contributed by atoms with Crippen LogP contribution in [0.4, 0.5) is 5.69 Å². The zero-order chi connectivity index (χ0) is 18.8. The van der Waals surface area contributed by atoms with Gasteiger partial charge in [-0.1, -0.05) is 0 Å². The second-order valence-electron chi connectivity index (χ2n) is 7.62. The van der Waals surface area contributed by atoms with Gasteiger partial charge in [0.05, 0.1) is 5.92 Å². The highest BCUT2D eigenvalue weighted by molar-refractivity contribution is 7.98. The number of rotatable bonds is 4. The Morgan fingerprint density at radius 1 is 1.11 bits per heavy atom. The van der Waals surface area contributed by atoms with E-state index in [4.69, 9.17) is 0 Å². The summed E-state index contributed by atoms with van der Waals surface area (Å²) in [6, 6.07) is 8.49. The molecule has 3 aliphatic heterocycles. The minimum absolute atomic E-state index is 0.0584. The molecular weight excluding hydrogens is 360 g/mol. The van der Waals surface area contributed by atoms with Gasteiger partial charge < -0.3 is 15.1 Å². The first-order valence-electron chi connectivity index (χ1n) is 9.83. The van der Waals surface area contributed by atoms with Crippen LogP contribution in [0.15, 0.2) is 29.2 Å². The lowest BCUT2D eigenvalue weighted by atomic mass is 10.1. The Balaban J connectivity index is 1.36. The van der Waals surface area contributed by atoms with Gasteiger partial charge in [-0.3, -0.25) is 14.5 Å². The highest BCUT2D eigenvalue weighted by atomic mass is 32.2. The number of benzene rings is 1. The molecule has 0 spiro atoms. The highest BCUT2D eigenvalue weighted by Crippen LogP contribution is 2.29. The van der Waals surface area contributed by atoms with Crippen molar-refractivity contribution in [3.63, 3.8) is 0 Å². The predicted octanol–water partition coefficient (Wildman–Crippen LogP) is 1.27. The molecule has 3 heterocycles. The second-order valence-corrected chi connectivity index (χ2v) is 8.50. The van der Waals surface area contributed by atoms with Crippen LogP contribution >= 0.6 is 11.8 Å². The van der Waals surface area contributed by atoms with E-state index >= 15 is 0 Å². The summed E-state index contributed by atoms with van der Waals surface area (Å²) in [6.45, 7) is 6.33. The van der Waals surface area contributed by atoms with Crippen LogP contribution in [0.5, 0.6) is 0 Å². The van der Waals surface area contributed by atoms with E-state index in [2.05, 4.69) is 10.2 Å². The summed E-state index contributed by atoms with van der Waals surface area (Å²) in [5.74, 6) is 0.00632. The molecule has 0 aromatic heterocycles. The Labute approximate surface area is 165 Å².